The molecule has 110 valence electrons. The van der Waals surface area contributed by atoms with Gasteiger partial charge in [-0.25, -0.2) is 4.98 Å². The van der Waals surface area contributed by atoms with E-state index in [9.17, 15) is 4.79 Å². The topological polar surface area (TPSA) is 54.0 Å². The van der Waals surface area contributed by atoms with Crippen LogP contribution in [0.4, 0.5) is 11.5 Å². The zero-order valence-corrected chi connectivity index (χ0v) is 13.9. The molecule has 2 rings (SSSR count). The molecule has 0 aliphatic carbocycles. The third kappa shape index (κ3) is 4.04. The van der Waals surface area contributed by atoms with Crippen LogP contribution in [0, 0.1) is 13.8 Å². The number of carbonyl (C=O) groups excluding carboxylic acids is 1. The molecule has 0 fully saturated rings. The number of benzene rings is 1. The molecule has 1 amide bonds. The van der Waals surface area contributed by atoms with Crippen LogP contribution in [0.3, 0.4) is 0 Å². The molecule has 1 heterocycles. The Morgan fingerprint density at radius 1 is 1.24 bits per heavy atom. The Labute approximate surface area is 133 Å². The number of nitrogens with one attached hydrogen (secondary N) is 2. The van der Waals surface area contributed by atoms with E-state index in [1.165, 1.54) is 0 Å². The van der Waals surface area contributed by atoms with Crippen molar-refractivity contribution in [3.8, 4) is 0 Å². The van der Waals surface area contributed by atoms with Crippen LogP contribution in [-0.2, 0) is 0 Å². The lowest BCUT2D eigenvalue weighted by Gasteiger charge is -2.09. The van der Waals surface area contributed by atoms with E-state index in [0.717, 1.165) is 33.8 Å². The van der Waals surface area contributed by atoms with Crippen LogP contribution in [0.2, 0.25) is 0 Å². The molecular formula is C16H18BrN3O. The van der Waals surface area contributed by atoms with Gasteiger partial charge in [0.25, 0.3) is 5.91 Å². The summed E-state index contributed by atoms with van der Waals surface area (Å²) in [5, 5.41) is 6.03. The lowest BCUT2D eigenvalue weighted by molar-refractivity contribution is 0.102. The van der Waals surface area contributed by atoms with Crippen molar-refractivity contribution in [3.05, 3.63) is 51.6 Å². The smallest absolute Gasteiger partial charge is 0.255 e. The van der Waals surface area contributed by atoms with Gasteiger partial charge >= 0.3 is 0 Å². The molecule has 0 atom stereocenters. The Bertz CT molecular complexity index is 671. The lowest BCUT2D eigenvalue weighted by atomic mass is 10.2. The fraction of sp³-hybridized carbons (Fsp3) is 0.250. The summed E-state index contributed by atoms with van der Waals surface area (Å²) in [6, 6.07) is 9.27. The number of rotatable bonds is 4. The summed E-state index contributed by atoms with van der Waals surface area (Å²) in [7, 11) is 0. The van der Waals surface area contributed by atoms with E-state index >= 15 is 0 Å². The first-order valence-corrected chi connectivity index (χ1v) is 7.59. The first-order chi connectivity index (χ1) is 9.99. The Morgan fingerprint density at radius 2 is 2.00 bits per heavy atom. The zero-order valence-electron chi connectivity index (χ0n) is 12.3. The minimum atomic E-state index is -0.138. The molecule has 0 aliphatic rings. The van der Waals surface area contributed by atoms with Gasteiger partial charge in [0.05, 0.1) is 0 Å². The number of anilines is 2. The van der Waals surface area contributed by atoms with Gasteiger partial charge in [-0.1, -0.05) is 15.9 Å². The molecule has 0 saturated heterocycles. The van der Waals surface area contributed by atoms with Crippen LogP contribution in [0.15, 0.2) is 34.8 Å². The van der Waals surface area contributed by atoms with Crippen molar-refractivity contribution in [2.45, 2.75) is 20.8 Å². The number of carbonyl (C=O) groups is 1. The third-order valence-corrected chi connectivity index (χ3v) is 3.88. The van der Waals surface area contributed by atoms with Crippen molar-refractivity contribution >= 4 is 33.3 Å². The summed E-state index contributed by atoms with van der Waals surface area (Å²) in [6.45, 7) is 6.62. The fourth-order valence-corrected chi connectivity index (χ4v) is 2.24. The number of hydrogen-bond donors (Lipinski definition) is 2. The highest BCUT2D eigenvalue weighted by atomic mass is 79.9. The Balaban J connectivity index is 2.21. The van der Waals surface area contributed by atoms with Crippen LogP contribution in [0.1, 0.15) is 28.5 Å². The van der Waals surface area contributed by atoms with Crippen molar-refractivity contribution in [2.24, 2.45) is 0 Å². The maximum Gasteiger partial charge on any atom is 0.255 e. The van der Waals surface area contributed by atoms with E-state index < -0.39 is 0 Å². The highest BCUT2D eigenvalue weighted by Gasteiger charge is 2.09. The predicted molar refractivity (Wildman–Crippen MR) is 90.0 cm³/mol. The number of halogens is 1. The van der Waals surface area contributed by atoms with Crippen LogP contribution >= 0.6 is 15.9 Å². The average Bonchev–Trinajstić information content (AvgIpc) is 2.42. The quantitative estimate of drug-likeness (QED) is 0.873. The molecule has 21 heavy (non-hydrogen) atoms. The third-order valence-electron chi connectivity index (χ3n) is 2.99. The molecule has 1 aromatic carbocycles. The van der Waals surface area contributed by atoms with E-state index in [1.54, 1.807) is 12.1 Å². The predicted octanol–water partition coefficient (Wildman–Crippen LogP) is 4.15. The number of amides is 1. The van der Waals surface area contributed by atoms with Crippen LogP contribution in [-0.4, -0.2) is 17.4 Å². The largest absolute Gasteiger partial charge is 0.370 e. The minimum absolute atomic E-state index is 0.138. The highest BCUT2D eigenvalue weighted by Crippen LogP contribution is 2.21. The minimum Gasteiger partial charge on any atom is -0.370 e. The highest BCUT2D eigenvalue weighted by molar-refractivity contribution is 9.10. The molecule has 0 saturated carbocycles. The Morgan fingerprint density at radius 3 is 2.67 bits per heavy atom. The van der Waals surface area contributed by atoms with Crippen LogP contribution in [0.5, 0.6) is 0 Å². The second-order valence-electron chi connectivity index (χ2n) is 4.83. The number of aromatic nitrogens is 1. The van der Waals surface area contributed by atoms with E-state index in [2.05, 4.69) is 31.5 Å². The summed E-state index contributed by atoms with van der Waals surface area (Å²) >= 11 is 3.45. The van der Waals surface area contributed by atoms with Gasteiger partial charge in [-0.15, -0.1) is 0 Å². The second-order valence-corrected chi connectivity index (χ2v) is 5.69. The summed E-state index contributed by atoms with van der Waals surface area (Å²) in [4.78, 5) is 16.7. The van der Waals surface area contributed by atoms with Crippen LogP contribution in [0.25, 0.3) is 0 Å². The monoisotopic (exact) mass is 347 g/mol. The molecule has 2 N–H and O–H groups in total. The first kappa shape index (κ1) is 15.5. The molecule has 5 heteroatoms. The Hall–Kier alpha value is -1.88. The van der Waals surface area contributed by atoms with Gasteiger partial charge in [0.1, 0.15) is 5.82 Å². The molecule has 0 radical (unpaired) electrons. The van der Waals surface area contributed by atoms with Gasteiger partial charge in [0.15, 0.2) is 0 Å². The molecular weight excluding hydrogens is 330 g/mol. The average molecular weight is 348 g/mol. The molecule has 0 bridgehead atoms. The van der Waals surface area contributed by atoms with Crippen molar-refractivity contribution in [2.75, 3.05) is 17.2 Å². The maximum atomic E-state index is 12.3. The van der Waals surface area contributed by atoms with Gasteiger partial charge in [-0.05, 0) is 56.7 Å². The maximum absolute atomic E-state index is 12.3. The number of pyridine rings is 1. The Kier molecular flexibility index (Phi) is 4.96. The van der Waals surface area contributed by atoms with Gasteiger partial charge < -0.3 is 10.6 Å². The summed E-state index contributed by atoms with van der Waals surface area (Å²) in [5.74, 6) is 0.580. The molecule has 4 nitrogen and oxygen atoms in total. The van der Waals surface area contributed by atoms with Crippen molar-refractivity contribution < 1.29 is 4.79 Å². The second kappa shape index (κ2) is 6.72. The molecule has 1 aromatic heterocycles. The van der Waals surface area contributed by atoms with Gasteiger partial charge in [0, 0.05) is 28.0 Å². The van der Waals surface area contributed by atoms with E-state index in [0.29, 0.717) is 5.56 Å². The van der Waals surface area contributed by atoms with Gasteiger partial charge in [-0.2, -0.15) is 0 Å². The number of hydrogen-bond acceptors (Lipinski definition) is 3. The number of aryl methyl sites for hydroxylation is 2. The summed E-state index contributed by atoms with van der Waals surface area (Å²) in [6.07, 6.45) is 0. The molecule has 0 aliphatic heterocycles. The molecule has 0 unspecified atom stereocenters. The number of nitrogens with zero attached hydrogens (tertiary/aromatic N) is 1. The van der Waals surface area contributed by atoms with Crippen molar-refractivity contribution in [3.63, 3.8) is 0 Å². The lowest BCUT2D eigenvalue weighted by Crippen LogP contribution is -2.13. The standard InChI is InChI=1S/C16H18BrN3O/c1-4-18-15-9-12(8-11(3)19-15)16(21)20-13-5-6-14(17)10(2)7-13/h5-9H,4H2,1-3H3,(H,18,19)(H,20,21). The molecule has 2 aromatic rings. The summed E-state index contributed by atoms with van der Waals surface area (Å²) < 4.78 is 1.02. The SMILES string of the molecule is CCNc1cc(C(=O)Nc2ccc(Br)c(C)c2)cc(C)n1. The van der Waals surface area contributed by atoms with Crippen molar-refractivity contribution in [1.82, 2.24) is 4.98 Å². The van der Waals surface area contributed by atoms with E-state index in [1.807, 2.05) is 39.0 Å². The van der Waals surface area contributed by atoms with Crippen LogP contribution < -0.4 is 10.6 Å². The van der Waals surface area contributed by atoms with E-state index in [-0.39, 0.29) is 5.91 Å². The normalized spacial score (nSPS) is 10.3. The summed E-state index contributed by atoms with van der Waals surface area (Å²) in [5.41, 5.74) is 3.26. The fourth-order valence-electron chi connectivity index (χ4n) is 2.00. The van der Waals surface area contributed by atoms with E-state index in [4.69, 9.17) is 0 Å². The molecule has 0 spiro atoms. The van der Waals surface area contributed by atoms with Gasteiger partial charge in [0.2, 0.25) is 0 Å². The van der Waals surface area contributed by atoms with Crippen molar-refractivity contribution in [1.29, 1.82) is 0 Å². The first-order valence-electron chi connectivity index (χ1n) is 6.79. The van der Waals surface area contributed by atoms with Gasteiger partial charge in [-0.3, -0.25) is 4.79 Å². The zero-order chi connectivity index (χ0) is 15.4.